The molecule has 3 aromatic rings. The fourth-order valence-electron chi connectivity index (χ4n) is 2.99. The minimum Gasteiger partial charge on any atom is -0.382 e. The molecule has 1 aliphatic rings. The van der Waals surface area contributed by atoms with Crippen LogP contribution in [0.3, 0.4) is 0 Å². The maximum absolute atomic E-state index is 6.42. The van der Waals surface area contributed by atoms with Gasteiger partial charge in [0.15, 0.2) is 11.6 Å². The number of benzene rings is 1. The van der Waals surface area contributed by atoms with Gasteiger partial charge >= 0.3 is 0 Å². The lowest BCUT2D eigenvalue weighted by molar-refractivity contribution is 0.912. The van der Waals surface area contributed by atoms with E-state index < -0.39 is 0 Å². The van der Waals surface area contributed by atoms with Gasteiger partial charge in [0.2, 0.25) is 0 Å². The van der Waals surface area contributed by atoms with Crippen molar-refractivity contribution >= 4 is 51.4 Å². The maximum atomic E-state index is 6.42. The molecule has 5 nitrogen and oxygen atoms in total. The minimum atomic E-state index is 0.278. The highest BCUT2D eigenvalue weighted by Crippen LogP contribution is 2.37. The van der Waals surface area contributed by atoms with E-state index in [2.05, 4.69) is 26.6 Å². The van der Waals surface area contributed by atoms with E-state index in [4.69, 9.17) is 28.9 Å². The summed E-state index contributed by atoms with van der Waals surface area (Å²) in [5.41, 5.74) is 10.1. The van der Waals surface area contributed by atoms with Crippen LogP contribution in [-0.4, -0.2) is 15.2 Å². The van der Waals surface area contributed by atoms with Crippen LogP contribution in [0, 0.1) is 0 Å². The first-order chi connectivity index (χ1) is 10.6. The summed E-state index contributed by atoms with van der Waals surface area (Å²) in [6, 6.07) is 6.23. The molecule has 1 aromatic carbocycles. The summed E-state index contributed by atoms with van der Waals surface area (Å²) in [7, 11) is 0. The number of halogens is 2. The molecule has 0 fully saturated rings. The monoisotopic (exact) mass is 333 g/mol. The number of nitrogens with zero attached hydrogens (tertiary/aromatic N) is 2. The third kappa shape index (κ3) is 2.01. The molecule has 4 rings (SSSR count). The van der Waals surface area contributed by atoms with Gasteiger partial charge in [-0.3, -0.25) is 5.10 Å². The zero-order valence-corrected chi connectivity index (χ0v) is 13.1. The quantitative estimate of drug-likeness (QED) is 0.617. The zero-order valence-electron chi connectivity index (χ0n) is 11.6. The lowest BCUT2D eigenvalue weighted by atomic mass is 10.1. The third-order valence-electron chi connectivity index (χ3n) is 4.04. The number of nitrogen functional groups attached to an aromatic ring is 1. The molecular weight excluding hydrogens is 321 g/mol. The number of hydrogen-bond acceptors (Lipinski definition) is 4. The Labute approximate surface area is 136 Å². The predicted molar refractivity (Wildman–Crippen MR) is 90.1 cm³/mol. The maximum Gasteiger partial charge on any atom is 0.156 e. The number of anilines is 3. The SMILES string of the molecule is Nc1n[nH]c2c(Cl)c(Nc3cccc4c3CCC4)nc(Cl)c12. The van der Waals surface area contributed by atoms with E-state index in [9.17, 15) is 0 Å². The average molecular weight is 334 g/mol. The normalized spacial score (nSPS) is 13.5. The molecular formula is C15H13Cl2N5. The number of fused-ring (bicyclic) bond motifs is 2. The van der Waals surface area contributed by atoms with Crippen molar-refractivity contribution in [1.82, 2.24) is 15.2 Å². The first kappa shape index (κ1) is 13.7. The van der Waals surface area contributed by atoms with Gasteiger partial charge in [0.05, 0.1) is 10.9 Å². The molecule has 0 aliphatic heterocycles. The predicted octanol–water partition coefficient (Wildman–Crippen LogP) is 4.08. The third-order valence-corrected chi connectivity index (χ3v) is 4.68. The lowest BCUT2D eigenvalue weighted by Gasteiger charge is -2.12. The van der Waals surface area contributed by atoms with Gasteiger partial charge in [-0.05, 0) is 36.5 Å². The molecule has 1 aliphatic carbocycles. The van der Waals surface area contributed by atoms with E-state index in [0.717, 1.165) is 18.5 Å². The number of aryl methyl sites for hydroxylation is 1. The average Bonchev–Trinajstić information content (AvgIpc) is 3.12. The Hall–Kier alpha value is -1.98. The zero-order chi connectivity index (χ0) is 15.3. The fraction of sp³-hybridized carbons (Fsp3) is 0.200. The number of rotatable bonds is 2. The highest BCUT2D eigenvalue weighted by atomic mass is 35.5. The van der Waals surface area contributed by atoms with Crippen molar-refractivity contribution in [2.75, 3.05) is 11.1 Å². The summed E-state index contributed by atoms with van der Waals surface area (Å²) < 4.78 is 0. The number of hydrogen-bond donors (Lipinski definition) is 3. The Morgan fingerprint density at radius 2 is 2.09 bits per heavy atom. The standard InChI is InChI=1S/C15H13Cl2N5/c16-11-12-10(14(18)22-21-12)13(17)20-15(11)19-9-6-2-4-7-3-1-5-8(7)9/h2,4,6H,1,3,5H2,(H,19,20)(H3,18,21,22). The Morgan fingerprint density at radius 1 is 1.23 bits per heavy atom. The van der Waals surface area contributed by atoms with E-state index in [0.29, 0.717) is 27.6 Å². The Bertz CT molecular complexity index is 887. The summed E-state index contributed by atoms with van der Waals surface area (Å²) in [5, 5.41) is 11.3. The molecule has 0 atom stereocenters. The van der Waals surface area contributed by atoms with Crippen LogP contribution < -0.4 is 11.1 Å². The largest absolute Gasteiger partial charge is 0.382 e. The van der Waals surface area contributed by atoms with Crippen LogP contribution in [0.25, 0.3) is 10.9 Å². The topological polar surface area (TPSA) is 79.6 Å². The van der Waals surface area contributed by atoms with E-state index in [1.165, 1.54) is 17.5 Å². The number of nitrogens with one attached hydrogen (secondary N) is 2. The van der Waals surface area contributed by atoms with Crippen LogP contribution >= 0.6 is 23.2 Å². The van der Waals surface area contributed by atoms with Crippen LogP contribution in [0.2, 0.25) is 10.2 Å². The molecule has 0 saturated carbocycles. The van der Waals surface area contributed by atoms with Gasteiger partial charge in [-0.2, -0.15) is 5.10 Å². The Balaban J connectivity index is 1.83. The molecule has 7 heteroatoms. The van der Waals surface area contributed by atoms with Crippen LogP contribution in [0.15, 0.2) is 18.2 Å². The van der Waals surface area contributed by atoms with Crippen LogP contribution in [0.5, 0.6) is 0 Å². The van der Waals surface area contributed by atoms with Crippen molar-refractivity contribution in [3.05, 3.63) is 39.5 Å². The van der Waals surface area contributed by atoms with Gasteiger partial charge in [-0.15, -0.1) is 0 Å². The van der Waals surface area contributed by atoms with Crippen LogP contribution in [0.4, 0.5) is 17.3 Å². The van der Waals surface area contributed by atoms with E-state index >= 15 is 0 Å². The van der Waals surface area contributed by atoms with Crippen molar-refractivity contribution in [2.24, 2.45) is 0 Å². The highest BCUT2D eigenvalue weighted by Gasteiger charge is 2.19. The molecule has 0 spiro atoms. The first-order valence-electron chi connectivity index (χ1n) is 7.01. The molecule has 0 unspecified atom stereocenters. The molecule has 0 amide bonds. The number of H-pyrrole nitrogens is 1. The molecule has 0 radical (unpaired) electrons. The molecule has 112 valence electrons. The molecule has 0 bridgehead atoms. The van der Waals surface area contributed by atoms with Crippen molar-refractivity contribution in [3.63, 3.8) is 0 Å². The fourth-order valence-corrected chi connectivity index (χ4v) is 3.49. The second kappa shape index (κ2) is 5.04. The van der Waals surface area contributed by atoms with Crippen molar-refractivity contribution in [3.8, 4) is 0 Å². The van der Waals surface area contributed by atoms with Gasteiger partial charge in [-0.25, -0.2) is 4.98 Å². The summed E-state index contributed by atoms with van der Waals surface area (Å²) in [6.07, 6.45) is 3.35. The van der Waals surface area contributed by atoms with Crippen molar-refractivity contribution in [1.29, 1.82) is 0 Å². The van der Waals surface area contributed by atoms with E-state index in [1.807, 2.05) is 12.1 Å². The number of pyridine rings is 1. The van der Waals surface area contributed by atoms with Gasteiger partial charge in [0.1, 0.15) is 10.2 Å². The first-order valence-corrected chi connectivity index (χ1v) is 7.77. The van der Waals surface area contributed by atoms with E-state index in [1.54, 1.807) is 0 Å². The molecule has 2 heterocycles. The minimum absolute atomic E-state index is 0.278. The summed E-state index contributed by atoms with van der Waals surface area (Å²) in [4.78, 5) is 4.34. The molecule has 4 N–H and O–H groups in total. The number of aromatic nitrogens is 3. The molecule has 0 saturated heterocycles. The van der Waals surface area contributed by atoms with Crippen LogP contribution in [0.1, 0.15) is 17.5 Å². The number of nitrogens with two attached hydrogens (primary N) is 1. The summed E-state index contributed by atoms with van der Waals surface area (Å²) >= 11 is 12.6. The highest BCUT2D eigenvalue weighted by molar-refractivity contribution is 6.41. The second-order valence-electron chi connectivity index (χ2n) is 5.35. The van der Waals surface area contributed by atoms with Crippen molar-refractivity contribution in [2.45, 2.75) is 19.3 Å². The van der Waals surface area contributed by atoms with Crippen LogP contribution in [-0.2, 0) is 12.8 Å². The lowest BCUT2D eigenvalue weighted by Crippen LogP contribution is -1.99. The molecule has 22 heavy (non-hydrogen) atoms. The Kier molecular flexibility index (Phi) is 3.13. The smallest absolute Gasteiger partial charge is 0.156 e. The van der Waals surface area contributed by atoms with Gasteiger partial charge < -0.3 is 11.1 Å². The number of aromatic amines is 1. The van der Waals surface area contributed by atoms with Gasteiger partial charge in [0.25, 0.3) is 0 Å². The van der Waals surface area contributed by atoms with E-state index in [-0.39, 0.29) is 5.15 Å². The summed E-state index contributed by atoms with van der Waals surface area (Å²) in [5.74, 6) is 0.796. The summed E-state index contributed by atoms with van der Waals surface area (Å²) in [6.45, 7) is 0. The van der Waals surface area contributed by atoms with Gasteiger partial charge in [0, 0.05) is 5.69 Å². The Morgan fingerprint density at radius 3 is 2.95 bits per heavy atom. The second-order valence-corrected chi connectivity index (χ2v) is 6.08. The van der Waals surface area contributed by atoms with Crippen molar-refractivity contribution < 1.29 is 0 Å². The molecule has 2 aromatic heterocycles. The van der Waals surface area contributed by atoms with Gasteiger partial charge in [-0.1, -0.05) is 35.3 Å².